The monoisotopic (exact) mass is 316 g/mol. The Labute approximate surface area is 132 Å². The van der Waals surface area contributed by atoms with Crippen molar-refractivity contribution < 1.29 is 14.3 Å². The summed E-state index contributed by atoms with van der Waals surface area (Å²) in [6, 6.07) is 13.8. The van der Waals surface area contributed by atoms with E-state index in [0.717, 1.165) is 5.56 Å². The lowest BCUT2D eigenvalue weighted by atomic mass is 10.1. The third-order valence-electron chi connectivity index (χ3n) is 3.35. The van der Waals surface area contributed by atoms with Crippen molar-refractivity contribution in [1.82, 2.24) is 10.9 Å². The normalized spacial score (nSPS) is 15.6. The lowest BCUT2D eigenvalue weighted by Crippen LogP contribution is -2.47. The molecule has 0 aliphatic carbocycles. The number of halogens is 1. The first-order valence-corrected chi connectivity index (χ1v) is 7.11. The quantitative estimate of drug-likeness (QED) is 0.834. The lowest BCUT2D eigenvalue weighted by Gasteiger charge is -2.12. The molecule has 2 N–H and O–H groups in total. The number of hydrogen-bond acceptors (Lipinski definition) is 3. The standard InChI is InChI=1S/C16H13ClN2O3/c17-12-7-5-10(6-8-12)15(20)18-19-16(21)14-9-11-3-1-2-4-13(11)22-14/h1-8,14H,9H2,(H,18,20)(H,19,21)/t14-/m0/s1. The largest absolute Gasteiger partial charge is 0.480 e. The maximum Gasteiger partial charge on any atom is 0.279 e. The first-order chi connectivity index (χ1) is 10.6. The molecule has 1 aliphatic heterocycles. The summed E-state index contributed by atoms with van der Waals surface area (Å²) in [5, 5.41) is 0.540. The van der Waals surface area contributed by atoms with Gasteiger partial charge in [0.2, 0.25) is 0 Å². The van der Waals surface area contributed by atoms with Gasteiger partial charge >= 0.3 is 0 Å². The second kappa shape index (κ2) is 6.07. The number of para-hydroxylation sites is 1. The Bertz CT molecular complexity index is 691. The van der Waals surface area contributed by atoms with Gasteiger partial charge in [0, 0.05) is 17.0 Å². The van der Waals surface area contributed by atoms with Crippen molar-refractivity contribution >= 4 is 23.4 Å². The zero-order valence-electron chi connectivity index (χ0n) is 11.5. The number of nitrogens with one attached hydrogen (secondary N) is 2. The van der Waals surface area contributed by atoms with E-state index in [0.29, 0.717) is 22.8 Å². The number of rotatable bonds is 2. The molecular weight excluding hydrogens is 304 g/mol. The summed E-state index contributed by atoms with van der Waals surface area (Å²) in [5.74, 6) is -0.106. The Morgan fingerprint density at radius 2 is 1.77 bits per heavy atom. The van der Waals surface area contributed by atoms with Crippen LogP contribution in [0.5, 0.6) is 5.75 Å². The highest BCUT2D eigenvalue weighted by Gasteiger charge is 2.28. The molecule has 0 saturated carbocycles. The van der Waals surface area contributed by atoms with Crippen LogP contribution in [0.1, 0.15) is 15.9 Å². The molecule has 3 rings (SSSR count). The second-order valence-corrected chi connectivity index (χ2v) is 5.31. The highest BCUT2D eigenvalue weighted by atomic mass is 35.5. The molecule has 22 heavy (non-hydrogen) atoms. The van der Waals surface area contributed by atoms with Gasteiger partial charge in [-0.3, -0.25) is 20.4 Å². The fourth-order valence-electron chi connectivity index (χ4n) is 2.20. The Morgan fingerprint density at radius 1 is 1.05 bits per heavy atom. The maximum absolute atomic E-state index is 12.0. The predicted octanol–water partition coefficient (Wildman–Crippen LogP) is 2.10. The molecule has 0 spiro atoms. The van der Waals surface area contributed by atoms with Crippen LogP contribution >= 0.6 is 11.6 Å². The average Bonchev–Trinajstić information content (AvgIpc) is 2.97. The third kappa shape index (κ3) is 3.04. The smallest absolute Gasteiger partial charge is 0.279 e. The van der Waals surface area contributed by atoms with Gasteiger partial charge in [0.05, 0.1) is 0 Å². The Hall–Kier alpha value is -2.53. The van der Waals surface area contributed by atoms with Crippen LogP contribution in [0.25, 0.3) is 0 Å². The first kappa shape index (κ1) is 14.4. The van der Waals surface area contributed by atoms with E-state index in [1.54, 1.807) is 24.3 Å². The van der Waals surface area contributed by atoms with E-state index in [1.807, 2.05) is 24.3 Å². The van der Waals surface area contributed by atoms with E-state index >= 15 is 0 Å². The third-order valence-corrected chi connectivity index (χ3v) is 3.60. The van der Waals surface area contributed by atoms with Crippen molar-refractivity contribution in [1.29, 1.82) is 0 Å². The minimum Gasteiger partial charge on any atom is -0.480 e. The van der Waals surface area contributed by atoms with Gasteiger partial charge in [-0.25, -0.2) is 0 Å². The Morgan fingerprint density at radius 3 is 2.50 bits per heavy atom. The molecule has 0 bridgehead atoms. The number of hydrogen-bond donors (Lipinski definition) is 2. The van der Waals surface area contributed by atoms with Gasteiger partial charge in [-0.1, -0.05) is 29.8 Å². The van der Waals surface area contributed by atoms with E-state index in [-0.39, 0.29) is 0 Å². The molecule has 1 heterocycles. The molecule has 2 aromatic rings. The summed E-state index contributed by atoms with van der Waals surface area (Å²) in [4.78, 5) is 23.9. The summed E-state index contributed by atoms with van der Waals surface area (Å²) in [6.07, 6.45) is -0.151. The van der Waals surface area contributed by atoms with Crippen LogP contribution in [-0.2, 0) is 11.2 Å². The minimum absolute atomic E-state index is 0.390. The molecule has 5 nitrogen and oxygen atoms in total. The number of fused-ring (bicyclic) bond motifs is 1. The molecule has 0 aromatic heterocycles. The summed E-state index contributed by atoms with van der Waals surface area (Å²) in [6.45, 7) is 0. The second-order valence-electron chi connectivity index (χ2n) is 4.87. The number of ether oxygens (including phenoxy) is 1. The molecule has 0 saturated heterocycles. The van der Waals surface area contributed by atoms with Crippen LogP contribution in [0.3, 0.4) is 0 Å². The fourth-order valence-corrected chi connectivity index (χ4v) is 2.33. The Balaban J connectivity index is 1.55. The van der Waals surface area contributed by atoms with E-state index in [9.17, 15) is 9.59 Å². The maximum atomic E-state index is 12.0. The van der Waals surface area contributed by atoms with Gasteiger partial charge in [0.25, 0.3) is 11.8 Å². The van der Waals surface area contributed by atoms with Crippen LogP contribution in [0.15, 0.2) is 48.5 Å². The van der Waals surface area contributed by atoms with Crippen LogP contribution < -0.4 is 15.6 Å². The summed E-state index contributed by atoms with van der Waals surface area (Å²) in [5.41, 5.74) is 6.12. The number of benzene rings is 2. The SMILES string of the molecule is O=C(NNC(=O)[C@@H]1Cc2ccccc2O1)c1ccc(Cl)cc1. The number of carbonyl (C=O) groups is 2. The van der Waals surface area contributed by atoms with Gasteiger partial charge in [-0.2, -0.15) is 0 Å². The molecule has 2 aromatic carbocycles. The van der Waals surface area contributed by atoms with Crippen LogP contribution in [0, 0.1) is 0 Å². The molecule has 0 fully saturated rings. The van der Waals surface area contributed by atoms with Crippen LogP contribution in [-0.4, -0.2) is 17.9 Å². The molecule has 112 valence electrons. The first-order valence-electron chi connectivity index (χ1n) is 6.74. The zero-order valence-corrected chi connectivity index (χ0v) is 12.3. The van der Waals surface area contributed by atoms with E-state index in [1.165, 1.54) is 0 Å². The van der Waals surface area contributed by atoms with Crippen molar-refractivity contribution in [3.63, 3.8) is 0 Å². The average molecular weight is 317 g/mol. The molecule has 6 heteroatoms. The van der Waals surface area contributed by atoms with Gasteiger partial charge in [-0.15, -0.1) is 0 Å². The molecule has 0 radical (unpaired) electrons. The van der Waals surface area contributed by atoms with Gasteiger partial charge in [-0.05, 0) is 35.9 Å². The molecule has 1 aliphatic rings. The van der Waals surface area contributed by atoms with Gasteiger partial charge in [0.15, 0.2) is 6.10 Å². The summed E-state index contributed by atoms with van der Waals surface area (Å²) in [7, 11) is 0. The molecule has 1 atom stereocenters. The minimum atomic E-state index is -0.636. The van der Waals surface area contributed by atoms with Crippen molar-refractivity contribution in [2.75, 3.05) is 0 Å². The van der Waals surface area contributed by atoms with Crippen molar-refractivity contribution in [3.8, 4) is 5.75 Å². The van der Waals surface area contributed by atoms with Crippen molar-refractivity contribution in [2.24, 2.45) is 0 Å². The number of amides is 2. The highest BCUT2D eigenvalue weighted by molar-refractivity contribution is 6.30. The Kier molecular flexibility index (Phi) is 3.98. The van der Waals surface area contributed by atoms with Crippen molar-refractivity contribution in [2.45, 2.75) is 12.5 Å². The highest BCUT2D eigenvalue weighted by Crippen LogP contribution is 2.27. The molecule has 0 unspecified atom stereocenters. The van der Waals surface area contributed by atoms with Crippen LogP contribution in [0.4, 0.5) is 0 Å². The van der Waals surface area contributed by atoms with Gasteiger partial charge < -0.3 is 4.74 Å². The van der Waals surface area contributed by atoms with Crippen LogP contribution in [0.2, 0.25) is 5.02 Å². The van der Waals surface area contributed by atoms with E-state index in [2.05, 4.69) is 10.9 Å². The molecular formula is C16H13ClN2O3. The topological polar surface area (TPSA) is 67.4 Å². The van der Waals surface area contributed by atoms with E-state index in [4.69, 9.17) is 16.3 Å². The predicted molar refractivity (Wildman–Crippen MR) is 81.6 cm³/mol. The van der Waals surface area contributed by atoms with E-state index < -0.39 is 17.9 Å². The zero-order chi connectivity index (χ0) is 15.5. The number of hydrazine groups is 1. The lowest BCUT2D eigenvalue weighted by molar-refractivity contribution is -0.128. The number of carbonyl (C=O) groups excluding carboxylic acids is 2. The molecule has 2 amide bonds. The van der Waals surface area contributed by atoms with Crippen molar-refractivity contribution in [3.05, 3.63) is 64.7 Å². The summed E-state index contributed by atoms with van der Waals surface area (Å²) >= 11 is 5.76. The van der Waals surface area contributed by atoms with Gasteiger partial charge in [0.1, 0.15) is 5.75 Å². The summed E-state index contributed by atoms with van der Waals surface area (Å²) < 4.78 is 5.54. The fraction of sp³-hybridized carbons (Fsp3) is 0.125.